The third kappa shape index (κ3) is 6.13. The van der Waals surface area contributed by atoms with Crippen molar-refractivity contribution in [3.05, 3.63) is 70.7 Å². The molecule has 0 aromatic heterocycles. The minimum Gasteiger partial charge on any atom is -0.367 e. The molecule has 26 heavy (non-hydrogen) atoms. The van der Waals surface area contributed by atoms with Gasteiger partial charge in [-0.2, -0.15) is 0 Å². The predicted octanol–water partition coefficient (Wildman–Crippen LogP) is 4.06. The van der Waals surface area contributed by atoms with Gasteiger partial charge in [-0.25, -0.2) is 0 Å². The molecule has 0 radical (unpaired) electrons. The average Bonchev–Trinajstić information content (AvgIpc) is 2.67. The van der Waals surface area contributed by atoms with Crippen LogP contribution in [0.4, 0.5) is 0 Å². The molecule has 4 nitrogen and oxygen atoms in total. The zero-order valence-corrected chi connectivity index (χ0v) is 16.2. The van der Waals surface area contributed by atoms with Crippen LogP contribution in [0.15, 0.2) is 54.6 Å². The molecule has 1 atom stereocenters. The van der Waals surface area contributed by atoms with Gasteiger partial charge < -0.3 is 10.1 Å². The summed E-state index contributed by atoms with van der Waals surface area (Å²) in [6, 6.07) is 17.7. The Morgan fingerprint density at radius 3 is 2.38 bits per heavy atom. The van der Waals surface area contributed by atoms with Crippen LogP contribution in [0.2, 0.25) is 5.02 Å². The van der Waals surface area contributed by atoms with Crippen molar-refractivity contribution in [3.63, 3.8) is 0 Å². The van der Waals surface area contributed by atoms with Crippen LogP contribution < -0.4 is 5.32 Å². The topological polar surface area (TPSA) is 41.6 Å². The van der Waals surface area contributed by atoms with Crippen LogP contribution in [0.5, 0.6) is 0 Å². The normalized spacial score (nSPS) is 12.2. The van der Waals surface area contributed by atoms with Gasteiger partial charge in [0.25, 0.3) is 0 Å². The highest BCUT2D eigenvalue weighted by Crippen LogP contribution is 2.26. The molecule has 1 unspecified atom stereocenters. The van der Waals surface area contributed by atoms with Crippen molar-refractivity contribution in [2.45, 2.75) is 26.5 Å². The van der Waals surface area contributed by atoms with Crippen molar-refractivity contribution in [2.75, 3.05) is 26.2 Å². The lowest BCUT2D eigenvalue weighted by atomic mass is 10.0. The quantitative estimate of drug-likeness (QED) is 0.682. The van der Waals surface area contributed by atoms with E-state index in [4.69, 9.17) is 16.3 Å². The molecule has 5 heteroatoms. The minimum absolute atomic E-state index is 0.0387. The first-order chi connectivity index (χ1) is 12.7. The van der Waals surface area contributed by atoms with Crippen molar-refractivity contribution in [1.29, 1.82) is 0 Å². The van der Waals surface area contributed by atoms with Crippen LogP contribution in [0.3, 0.4) is 0 Å². The zero-order chi connectivity index (χ0) is 18.8. The second-order valence-electron chi connectivity index (χ2n) is 6.04. The lowest BCUT2D eigenvalue weighted by Gasteiger charge is -2.30. The first-order valence-electron chi connectivity index (χ1n) is 9.02. The maximum Gasteiger partial charge on any atom is 0.246 e. The van der Waals surface area contributed by atoms with Gasteiger partial charge in [0.2, 0.25) is 5.91 Å². The number of halogens is 1. The fourth-order valence-corrected chi connectivity index (χ4v) is 3.20. The Labute approximate surface area is 161 Å². The molecule has 0 bridgehead atoms. The van der Waals surface area contributed by atoms with E-state index in [0.29, 0.717) is 13.2 Å². The van der Waals surface area contributed by atoms with E-state index in [-0.39, 0.29) is 18.6 Å². The van der Waals surface area contributed by atoms with E-state index in [1.54, 1.807) is 0 Å². The van der Waals surface area contributed by atoms with E-state index in [0.717, 1.165) is 29.2 Å². The summed E-state index contributed by atoms with van der Waals surface area (Å²) >= 11 is 6.38. The maximum atomic E-state index is 12.2. The largest absolute Gasteiger partial charge is 0.367 e. The van der Waals surface area contributed by atoms with Gasteiger partial charge >= 0.3 is 0 Å². The summed E-state index contributed by atoms with van der Waals surface area (Å²) in [5.74, 6) is -0.120. The van der Waals surface area contributed by atoms with Gasteiger partial charge in [-0.3, -0.25) is 9.69 Å². The Kier molecular flexibility index (Phi) is 8.62. The lowest BCUT2D eigenvalue weighted by molar-refractivity contribution is -0.126. The average molecular weight is 375 g/mol. The predicted molar refractivity (Wildman–Crippen MR) is 106 cm³/mol. The highest BCUT2D eigenvalue weighted by atomic mass is 35.5. The summed E-state index contributed by atoms with van der Waals surface area (Å²) in [6.45, 7) is 6.95. The molecule has 2 aromatic carbocycles. The molecule has 1 N–H and O–H groups in total. The number of amides is 1. The van der Waals surface area contributed by atoms with Crippen molar-refractivity contribution in [3.8, 4) is 0 Å². The van der Waals surface area contributed by atoms with E-state index in [2.05, 4.69) is 24.1 Å². The van der Waals surface area contributed by atoms with E-state index in [1.807, 2.05) is 54.6 Å². The number of ether oxygens (including phenoxy) is 1. The van der Waals surface area contributed by atoms with Crippen LogP contribution in [0.25, 0.3) is 0 Å². The first kappa shape index (κ1) is 20.4. The van der Waals surface area contributed by atoms with Gasteiger partial charge in [-0.15, -0.1) is 0 Å². The van der Waals surface area contributed by atoms with Gasteiger partial charge in [0.15, 0.2) is 0 Å². The molecule has 0 heterocycles. The van der Waals surface area contributed by atoms with Gasteiger partial charge in [0.05, 0.1) is 12.6 Å². The molecule has 0 spiro atoms. The second kappa shape index (κ2) is 11.0. The number of carbonyl (C=O) groups is 1. The summed E-state index contributed by atoms with van der Waals surface area (Å²) in [5.41, 5.74) is 2.08. The molecule has 0 aliphatic carbocycles. The molecule has 0 saturated heterocycles. The van der Waals surface area contributed by atoms with Crippen LogP contribution in [0, 0.1) is 0 Å². The third-order valence-corrected chi connectivity index (χ3v) is 4.70. The van der Waals surface area contributed by atoms with Crippen LogP contribution in [-0.2, 0) is 16.1 Å². The number of benzene rings is 2. The van der Waals surface area contributed by atoms with E-state index in [9.17, 15) is 4.79 Å². The fourth-order valence-electron chi connectivity index (χ4n) is 2.94. The summed E-state index contributed by atoms with van der Waals surface area (Å²) in [5, 5.41) is 3.70. The zero-order valence-electron chi connectivity index (χ0n) is 15.5. The second-order valence-corrected chi connectivity index (χ2v) is 6.45. The SMILES string of the molecule is CCN(CC)C(CNC(=O)COCc1ccccc1)c1ccccc1Cl. The Morgan fingerprint density at radius 1 is 1.08 bits per heavy atom. The Hall–Kier alpha value is -1.88. The van der Waals surface area contributed by atoms with Crippen molar-refractivity contribution in [1.82, 2.24) is 10.2 Å². The number of carbonyl (C=O) groups excluding carboxylic acids is 1. The molecular weight excluding hydrogens is 348 g/mol. The maximum absolute atomic E-state index is 12.2. The molecule has 0 fully saturated rings. The van der Waals surface area contributed by atoms with Crippen molar-refractivity contribution < 1.29 is 9.53 Å². The molecule has 140 valence electrons. The fraction of sp³-hybridized carbons (Fsp3) is 0.381. The van der Waals surface area contributed by atoms with Gasteiger partial charge in [0.1, 0.15) is 6.61 Å². The summed E-state index contributed by atoms with van der Waals surface area (Å²) in [6.07, 6.45) is 0. The molecule has 2 aromatic rings. The van der Waals surface area contributed by atoms with Crippen molar-refractivity contribution in [2.24, 2.45) is 0 Å². The monoisotopic (exact) mass is 374 g/mol. The van der Waals surface area contributed by atoms with Gasteiger partial charge in [0, 0.05) is 11.6 Å². The number of nitrogens with one attached hydrogen (secondary N) is 1. The van der Waals surface area contributed by atoms with E-state index in [1.165, 1.54) is 0 Å². The highest BCUT2D eigenvalue weighted by molar-refractivity contribution is 6.31. The third-order valence-electron chi connectivity index (χ3n) is 4.35. The molecular formula is C21H27ClN2O2. The number of hydrogen-bond donors (Lipinski definition) is 1. The molecule has 0 saturated carbocycles. The minimum atomic E-state index is -0.120. The van der Waals surface area contributed by atoms with E-state index >= 15 is 0 Å². The number of nitrogens with zero attached hydrogens (tertiary/aromatic N) is 1. The lowest BCUT2D eigenvalue weighted by Crippen LogP contribution is -2.39. The summed E-state index contributed by atoms with van der Waals surface area (Å²) < 4.78 is 5.50. The number of rotatable bonds is 10. The van der Waals surface area contributed by atoms with Crippen LogP contribution in [0.1, 0.15) is 31.0 Å². The Morgan fingerprint density at radius 2 is 1.73 bits per heavy atom. The van der Waals surface area contributed by atoms with Crippen LogP contribution in [-0.4, -0.2) is 37.0 Å². The Bertz CT molecular complexity index is 675. The van der Waals surface area contributed by atoms with E-state index < -0.39 is 0 Å². The Balaban J connectivity index is 1.89. The van der Waals surface area contributed by atoms with Gasteiger partial charge in [-0.05, 0) is 30.3 Å². The number of hydrogen-bond acceptors (Lipinski definition) is 3. The standard InChI is InChI=1S/C21H27ClN2O2/c1-3-24(4-2)20(18-12-8-9-13-19(18)22)14-23-21(25)16-26-15-17-10-6-5-7-11-17/h5-13,20H,3-4,14-16H2,1-2H3,(H,23,25). The molecule has 2 rings (SSSR count). The van der Waals surface area contributed by atoms with Crippen LogP contribution >= 0.6 is 11.6 Å². The summed E-state index contributed by atoms with van der Waals surface area (Å²) in [4.78, 5) is 14.4. The van der Waals surface area contributed by atoms with Crippen molar-refractivity contribution >= 4 is 17.5 Å². The molecule has 0 aliphatic rings. The first-order valence-corrected chi connectivity index (χ1v) is 9.40. The highest BCUT2D eigenvalue weighted by Gasteiger charge is 2.20. The molecule has 0 aliphatic heterocycles. The smallest absolute Gasteiger partial charge is 0.246 e. The molecule has 1 amide bonds. The summed E-state index contributed by atoms with van der Waals surface area (Å²) in [7, 11) is 0. The number of likely N-dealkylation sites (N-methyl/N-ethyl adjacent to an activating group) is 1. The van der Waals surface area contributed by atoms with Gasteiger partial charge in [-0.1, -0.05) is 74.0 Å².